The first-order valence-electron chi connectivity index (χ1n) is 12.9. The summed E-state index contributed by atoms with van der Waals surface area (Å²) in [6, 6.07) is 5.39. The van der Waals surface area contributed by atoms with Crippen LogP contribution in [0.3, 0.4) is 0 Å². The van der Waals surface area contributed by atoms with Crippen molar-refractivity contribution in [2.45, 2.75) is 70.5 Å². The van der Waals surface area contributed by atoms with E-state index in [1.165, 1.54) is 31.4 Å². The van der Waals surface area contributed by atoms with E-state index < -0.39 is 11.7 Å². The Balaban J connectivity index is 1.04. The Morgan fingerprint density at radius 3 is 2.12 bits per heavy atom. The summed E-state index contributed by atoms with van der Waals surface area (Å²) in [5, 5.41) is 2.75. The molecule has 1 heterocycles. The molecule has 1 aromatic carbocycles. The summed E-state index contributed by atoms with van der Waals surface area (Å²) in [6.45, 7) is 1.31. The van der Waals surface area contributed by atoms with Crippen molar-refractivity contribution in [3.8, 4) is 0 Å². The smallest absolute Gasteiger partial charge is 0.352 e. The van der Waals surface area contributed by atoms with Crippen LogP contribution < -0.4 is 5.32 Å². The van der Waals surface area contributed by atoms with Crippen LogP contribution in [0.15, 0.2) is 24.3 Å². The largest absolute Gasteiger partial charge is 0.416 e. The standard InChI is InChI=1S/C27H33F3N2O2/c28-27(29,30)21-4-2-1-3-20(21)16-31-23(33)22-15-25(22)5-7-32(8-6-25)24(34)26-12-17-9-18(13-26)11-19(10-17)14-26/h1-4,17-19,22H,5-16H2,(H,31,33). The van der Waals surface area contributed by atoms with Gasteiger partial charge < -0.3 is 10.2 Å². The number of rotatable bonds is 4. The maximum atomic E-state index is 13.6. The Morgan fingerprint density at radius 1 is 0.941 bits per heavy atom. The predicted molar refractivity (Wildman–Crippen MR) is 120 cm³/mol. The fourth-order valence-electron chi connectivity index (χ4n) is 8.39. The van der Waals surface area contributed by atoms with Crippen LogP contribution in [0.2, 0.25) is 0 Å². The zero-order chi connectivity index (χ0) is 23.7. The molecule has 1 aromatic rings. The summed E-state index contributed by atoms with van der Waals surface area (Å²) < 4.78 is 39.7. The molecule has 1 spiro atoms. The molecule has 4 bridgehead atoms. The van der Waals surface area contributed by atoms with Crippen LogP contribution in [0.4, 0.5) is 13.2 Å². The molecule has 184 valence electrons. The van der Waals surface area contributed by atoms with Gasteiger partial charge in [0.2, 0.25) is 11.8 Å². The first-order chi connectivity index (χ1) is 16.2. The van der Waals surface area contributed by atoms with E-state index in [-0.39, 0.29) is 34.8 Å². The number of likely N-dealkylation sites (tertiary alicyclic amines) is 1. The second kappa shape index (κ2) is 7.72. The van der Waals surface area contributed by atoms with Crippen molar-refractivity contribution in [3.63, 3.8) is 0 Å². The van der Waals surface area contributed by atoms with Crippen LogP contribution in [-0.2, 0) is 22.3 Å². The molecule has 0 aromatic heterocycles. The van der Waals surface area contributed by atoms with E-state index in [0.29, 0.717) is 19.0 Å². The number of carbonyl (C=O) groups excluding carboxylic acids is 2. The zero-order valence-electron chi connectivity index (χ0n) is 19.5. The number of halogens is 3. The van der Waals surface area contributed by atoms with Crippen LogP contribution in [0, 0.1) is 34.5 Å². The number of benzene rings is 1. The average molecular weight is 475 g/mol. The number of nitrogens with zero attached hydrogens (tertiary/aromatic N) is 1. The first kappa shape index (κ1) is 22.4. The van der Waals surface area contributed by atoms with Gasteiger partial charge in [0.15, 0.2) is 0 Å². The molecule has 1 N–H and O–H groups in total. The van der Waals surface area contributed by atoms with Gasteiger partial charge in [-0.05, 0) is 92.6 Å². The second-order valence-electron chi connectivity index (χ2n) is 12.0. The van der Waals surface area contributed by atoms with E-state index in [1.54, 1.807) is 6.07 Å². The van der Waals surface area contributed by atoms with Gasteiger partial charge in [0.25, 0.3) is 0 Å². The summed E-state index contributed by atoms with van der Waals surface area (Å²) in [5.74, 6) is 2.29. The molecule has 5 saturated carbocycles. The lowest BCUT2D eigenvalue weighted by Crippen LogP contribution is -2.56. The number of nitrogens with one attached hydrogen (secondary N) is 1. The monoisotopic (exact) mass is 474 g/mol. The highest BCUT2D eigenvalue weighted by molar-refractivity contribution is 5.84. The number of alkyl halides is 3. The van der Waals surface area contributed by atoms with Crippen molar-refractivity contribution >= 4 is 11.8 Å². The summed E-state index contributed by atoms with van der Waals surface area (Å²) in [4.78, 5) is 28.5. The van der Waals surface area contributed by atoms with E-state index >= 15 is 0 Å². The molecule has 1 aliphatic heterocycles. The number of hydrogen-bond donors (Lipinski definition) is 1. The first-order valence-corrected chi connectivity index (χ1v) is 12.9. The molecule has 7 heteroatoms. The Kier molecular flexibility index (Phi) is 5.09. The van der Waals surface area contributed by atoms with Gasteiger partial charge in [0, 0.05) is 25.6 Å². The zero-order valence-corrected chi connectivity index (χ0v) is 19.5. The van der Waals surface area contributed by atoms with E-state index in [0.717, 1.165) is 62.3 Å². The molecule has 34 heavy (non-hydrogen) atoms. The van der Waals surface area contributed by atoms with Crippen LogP contribution in [-0.4, -0.2) is 29.8 Å². The van der Waals surface area contributed by atoms with Gasteiger partial charge in [-0.3, -0.25) is 9.59 Å². The molecule has 7 rings (SSSR count). The third-order valence-electron chi connectivity index (χ3n) is 9.82. The Hall–Kier alpha value is -2.05. The molecular formula is C27H33F3N2O2. The number of hydrogen-bond acceptors (Lipinski definition) is 2. The number of amides is 2. The molecule has 1 unspecified atom stereocenters. The van der Waals surface area contributed by atoms with Crippen molar-refractivity contribution in [3.05, 3.63) is 35.4 Å². The highest BCUT2D eigenvalue weighted by Gasteiger charge is 2.60. The van der Waals surface area contributed by atoms with Crippen molar-refractivity contribution in [1.82, 2.24) is 10.2 Å². The van der Waals surface area contributed by atoms with E-state index in [4.69, 9.17) is 0 Å². The molecule has 1 saturated heterocycles. The minimum absolute atomic E-state index is 0.0775. The molecule has 0 radical (unpaired) electrons. The maximum absolute atomic E-state index is 13.6. The number of piperidine rings is 1. The molecular weight excluding hydrogens is 441 g/mol. The number of carbonyl (C=O) groups is 2. The van der Waals surface area contributed by atoms with Crippen LogP contribution >= 0.6 is 0 Å². The Bertz CT molecular complexity index is 961. The van der Waals surface area contributed by atoms with Gasteiger partial charge in [0.1, 0.15) is 0 Å². The minimum Gasteiger partial charge on any atom is -0.352 e. The SMILES string of the molecule is O=C(NCc1ccccc1C(F)(F)F)C1CC12CCN(C(=O)C13CC4CC(CC(C4)C1)C3)CC2. The van der Waals surface area contributed by atoms with Gasteiger partial charge in [-0.25, -0.2) is 0 Å². The molecule has 4 nitrogen and oxygen atoms in total. The van der Waals surface area contributed by atoms with Crippen LogP contribution in [0.25, 0.3) is 0 Å². The third-order valence-corrected chi connectivity index (χ3v) is 9.82. The van der Waals surface area contributed by atoms with Gasteiger partial charge in [-0.1, -0.05) is 18.2 Å². The van der Waals surface area contributed by atoms with Gasteiger partial charge >= 0.3 is 6.18 Å². The third kappa shape index (κ3) is 3.74. The van der Waals surface area contributed by atoms with Crippen molar-refractivity contribution < 1.29 is 22.8 Å². The van der Waals surface area contributed by atoms with E-state index in [2.05, 4.69) is 10.2 Å². The second-order valence-corrected chi connectivity index (χ2v) is 12.0. The molecule has 6 fully saturated rings. The molecule has 2 amide bonds. The lowest BCUT2D eigenvalue weighted by molar-refractivity contribution is -0.159. The summed E-state index contributed by atoms with van der Waals surface area (Å²) >= 11 is 0. The van der Waals surface area contributed by atoms with Gasteiger partial charge in [-0.2, -0.15) is 13.2 Å². The predicted octanol–water partition coefficient (Wildman–Crippen LogP) is 5.17. The molecule has 6 aliphatic rings. The van der Waals surface area contributed by atoms with Gasteiger partial charge in [-0.15, -0.1) is 0 Å². The molecule has 5 aliphatic carbocycles. The Labute approximate surface area is 198 Å². The summed E-state index contributed by atoms with van der Waals surface area (Å²) in [7, 11) is 0. The van der Waals surface area contributed by atoms with Crippen molar-refractivity contribution in [2.75, 3.05) is 13.1 Å². The average Bonchev–Trinajstić information content (AvgIpc) is 3.49. The van der Waals surface area contributed by atoms with Crippen molar-refractivity contribution in [1.29, 1.82) is 0 Å². The summed E-state index contributed by atoms with van der Waals surface area (Å²) in [6.07, 6.45) is 5.17. The minimum atomic E-state index is -4.43. The fourth-order valence-corrected chi connectivity index (χ4v) is 8.39. The van der Waals surface area contributed by atoms with Crippen molar-refractivity contribution in [2.24, 2.45) is 34.5 Å². The molecule has 1 atom stereocenters. The summed E-state index contributed by atoms with van der Waals surface area (Å²) in [5.41, 5.74) is -0.802. The highest BCUT2D eigenvalue weighted by atomic mass is 19.4. The van der Waals surface area contributed by atoms with E-state index in [1.807, 2.05) is 0 Å². The topological polar surface area (TPSA) is 49.4 Å². The lowest BCUT2D eigenvalue weighted by atomic mass is 9.49. The highest BCUT2D eigenvalue weighted by Crippen LogP contribution is 2.62. The quantitative estimate of drug-likeness (QED) is 0.655. The Morgan fingerprint density at radius 2 is 1.53 bits per heavy atom. The lowest BCUT2D eigenvalue weighted by Gasteiger charge is -2.57. The van der Waals surface area contributed by atoms with Crippen LogP contribution in [0.1, 0.15) is 68.9 Å². The van der Waals surface area contributed by atoms with E-state index in [9.17, 15) is 22.8 Å². The fraction of sp³-hybridized carbons (Fsp3) is 0.704. The van der Waals surface area contributed by atoms with Crippen LogP contribution in [0.5, 0.6) is 0 Å². The van der Waals surface area contributed by atoms with Gasteiger partial charge in [0.05, 0.1) is 11.0 Å². The maximum Gasteiger partial charge on any atom is 0.416 e. The normalized spacial score (nSPS) is 35.4.